The predicted molar refractivity (Wildman–Crippen MR) is 155 cm³/mol. The van der Waals surface area contributed by atoms with Crippen LogP contribution in [0.25, 0.3) is 5.57 Å². The zero-order valence-electron chi connectivity index (χ0n) is 22.6. The average Bonchev–Trinajstić information content (AvgIpc) is 3.17. The van der Waals surface area contributed by atoms with E-state index in [1.807, 2.05) is 73.7 Å². The van der Waals surface area contributed by atoms with Gasteiger partial charge in [-0.1, -0.05) is 130 Å². The molecule has 0 aromatic heterocycles. The molecule has 6 rings (SSSR count). The van der Waals surface area contributed by atoms with Gasteiger partial charge in [-0.05, 0) is 52.7 Å². The highest BCUT2D eigenvalue weighted by Gasteiger charge is 2.67. The summed E-state index contributed by atoms with van der Waals surface area (Å²) in [5, 5.41) is 0. The van der Waals surface area contributed by atoms with Crippen LogP contribution in [0.3, 0.4) is 0 Å². The van der Waals surface area contributed by atoms with Crippen LogP contribution in [0.5, 0.6) is 0 Å². The van der Waals surface area contributed by atoms with Gasteiger partial charge in [0.2, 0.25) is 0 Å². The van der Waals surface area contributed by atoms with Crippen molar-refractivity contribution in [3.8, 4) is 0 Å². The lowest BCUT2D eigenvalue weighted by molar-refractivity contribution is 0.457. The van der Waals surface area contributed by atoms with Crippen molar-refractivity contribution in [2.24, 2.45) is 10.8 Å². The van der Waals surface area contributed by atoms with Gasteiger partial charge in [0, 0.05) is 5.56 Å². The Morgan fingerprint density at radius 2 is 1.08 bits per heavy atom. The monoisotopic (exact) mass is 519 g/mol. The van der Waals surface area contributed by atoms with Crippen LogP contribution in [0.4, 0.5) is 5.69 Å². The van der Waals surface area contributed by atoms with Crippen LogP contribution in [0.15, 0.2) is 120 Å². The Labute approximate surface area is 226 Å². The molecule has 1 heterocycles. The fourth-order valence-corrected chi connectivity index (χ4v) is 8.26. The van der Waals surface area contributed by atoms with E-state index in [4.69, 9.17) is 0 Å². The molecular weight excluding hydrogens is 486 g/mol. The van der Waals surface area contributed by atoms with Gasteiger partial charge in [-0.15, -0.1) is 0 Å². The van der Waals surface area contributed by atoms with Crippen LogP contribution in [-0.2, 0) is 15.6 Å². The molecule has 0 amide bonds. The normalized spacial score (nSPS) is 18.8. The summed E-state index contributed by atoms with van der Waals surface area (Å²) >= 11 is 0. The molecule has 1 aliphatic heterocycles. The van der Waals surface area contributed by atoms with E-state index >= 15 is 0 Å². The Morgan fingerprint density at radius 1 is 0.605 bits per heavy atom. The zero-order chi connectivity index (χ0) is 26.9. The van der Waals surface area contributed by atoms with E-state index in [0.717, 1.165) is 27.8 Å². The fraction of sp³-hybridized carbons (Fsp3) is 0.235. The molecule has 4 aromatic carbocycles. The maximum atomic E-state index is 14.9. The second-order valence-electron chi connectivity index (χ2n) is 11.5. The van der Waals surface area contributed by atoms with Crippen molar-refractivity contribution in [2.75, 3.05) is 4.31 Å². The summed E-state index contributed by atoms with van der Waals surface area (Å²) in [6.45, 7) is 11.1. The molecule has 0 atom stereocenters. The van der Waals surface area contributed by atoms with Crippen molar-refractivity contribution in [1.29, 1.82) is 0 Å². The van der Waals surface area contributed by atoms with E-state index in [1.54, 1.807) is 16.4 Å². The smallest absolute Gasteiger partial charge is 0.246 e. The summed E-state index contributed by atoms with van der Waals surface area (Å²) in [5.41, 5.74) is 5.69. The van der Waals surface area contributed by atoms with Crippen LogP contribution in [-0.4, -0.2) is 8.42 Å². The van der Waals surface area contributed by atoms with E-state index in [0.29, 0.717) is 5.69 Å². The van der Waals surface area contributed by atoms with Crippen LogP contribution in [0, 0.1) is 17.8 Å². The van der Waals surface area contributed by atoms with Gasteiger partial charge in [0.15, 0.2) is 0 Å². The maximum absolute atomic E-state index is 14.9. The molecular formula is C34H33NO2S. The van der Waals surface area contributed by atoms with Crippen molar-refractivity contribution >= 4 is 21.3 Å². The SMILES string of the molecule is Cc1ccc(S(=O)(=O)N2c3ccccc3C(=C3C(C)(C)C3(C)C)C2(c2ccccc2)c2ccccc2)cc1. The molecule has 0 saturated heterocycles. The molecule has 0 radical (unpaired) electrons. The number of allylic oxidation sites excluding steroid dienone is 1. The topological polar surface area (TPSA) is 37.4 Å². The Balaban J connectivity index is 1.83. The second kappa shape index (κ2) is 8.18. The number of fused-ring (bicyclic) bond motifs is 1. The van der Waals surface area contributed by atoms with Crippen molar-refractivity contribution in [2.45, 2.75) is 45.1 Å². The summed E-state index contributed by atoms with van der Waals surface area (Å²) in [6, 6.07) is 35.5. The van der Waals surface area contributed by atoms with E-state index in [2.05, 4.69) is 58.0 Å². The van der Waals surface area contributed by atoms with Gasteiger partial charge in [0.05, 0.1) is 10.6 Å². The van der Waals surface area contributed by atoms with E-state index in [1.165, 1.54) is 5.57 Å². The van der Waals surface area contributed by atoms with Gasteiger partial charge in [0.1, 0.15) is 5.54 Å². The molecule has 3 nitrogen and oxygen atoms in total. The first-order chi connectivity index (χ1) is 18.1. The molecule has 1 fully saturated rings. The Kier molecular flexibility index (Phi) is 5.32. The highest BCUT2D eigenvalue weighted by atomic mass is 32.2. The van der Waals surface area contributed by atoms with Gasteiger partial charge in [-0.3, -0.25) is 0 Å². The van der Waals surface area contributed by atoms with Gasteiger partial charge < -0.3 is 0 Å². The Bertz CT molecular complexity index is 1610. The second-order valence-corrected chi connectivity index (χ2v) is 13.3. The first-order valence-corrected chi connectivity index (χ1v) is 14.6. The van der Waals surface area contributed by atoms with Crippen molar-refractivity contribution in [1.82, 2.24) is 0 Å². The number of anilines is 1. The molecule has 0 bridgehead atoms. The van der Waals surface area contributed by atoms with E-state index < -0.39 is 15.6 Å². The minimum absolute atomic E-state index is 0.0894. The highest BCUT2D eigenvalue weighted by molar-refractivity contribution is 7.93. The Morgan fingerprint density at radius 3 is 1.58 bits per heavy atom. The predicted octanol–water partition coefficient (Wildman–Crippen LogP) is 7.97. The number of rotatable bonds is 4. The van der Waals surface area contributed by atoms with Crippen LogP contribution >= 0.6 is 0 Å². The first kappa shape index (κ1) is 24.7. The molecule has 0 spiro atoms. The molecule has 2 aliphatic rings. The molecule has 0 unspecified atom stereocenters. The summed E-state index contributed by atoms with van der Waals surface area (Å²) in [5.74, 6) is 0. The maximum Gasteiger partial charge on any atom is 0.265 e. The number of para-hydroxylation sites is 1. The van der Waals surface area contributed by atoms with Crippen LogP contribution in [0.2, 0.25) is 0 Å². The Hall–Kier alpha value is -3.63. The molecule has 1 saturated carbocycles. The minimum Gasteiger partial charge on any atom is -0.246 e. The van der Waals surface area contributed by atoms with Crippen molar-refractivity contribution < 1.29 is 8.42 Å². The summed E-state index contributed by atoms with van der Waals surface area (Å²) in [7, 11) is -3.99. The number of benzene rings is 4. The summed E-state index contributed by atoms with van der Waals surface area (Å²) < 4.78 is 31.5. The number of sulfonamides is 1. The van der Waals surface area contributed by atoms with Gasteiger partial charge in [0.25, 0.3) is 10.0 Å². The number of hydrogen-bond acceptors (Lipinski definition) is 2. The number of nitrogens with zero attached hydrogens (tertiary/aromatic N) is 1. The molecule has 38 heavy (non-hydrogen) atoms. The lowest BCUT2D eigenvalue weighted by atomic mass is 9.75. The highest BCUT2D eigenvalue weighted by Crippen LogP contribution is 2.74. The lowest BCUT2D eigenvalue weighted by Crippen LogP contribution is -2.48. The third kappa shape index (κ3) is 3.16. The summed E-state index contributed by atoms with van der Waals surface area (Å²) in [6.07, 6.45) is 0. The van der Waals surface area contributed by atoms with Gasteiger partial charge in [-0.25, -0.2) is 12.7 Å². The lowest BCUT2D eigenvalue weighted by Gasteiger charge is -2.41. The number of hydrogen-bond donors (Lipinski definition) is 0. The van der Waals surface area contributed by atoms with Crippen LogP contribution < -0.4 is 4.31 Å². The minimum atomic E-state index is -3.99. The molecule has 0 N–H and O–H groups in total. The van der Waals surface area contributed by atoms with Crippen LogP contribution in [0.1, 0.15) is 49.9 Å². The number of aryl methyl sites for hydroxylation is 1. The summed E-state index contributed by atoms with van der Waals surface area (Å²) in [4.78, 5) is 0.287. The fourth-order valence-electron chi connectivity index (χ4n) is 6.49. The standard InChI is InChI=1S/C34H33NO2S/c1-24-20-22-27(23-21-24)38(36,37)35-29-19-13-12-18-28(29)30(31-32(2,3)33(31,4)5)34(35,25-14-8-6-9-15-25)26-16-10-7-11-17-26/h6-23H,1-5H3. The molecule has 4 heteroatoms. The van der Waals surface area contributed by atoms with Crippen molar-refractivity contribution in [3.05, 3.63) is 137 Å². The third-order valence-corrected chi connectivity index (χ3v) is 10.8. The van der Waals surface area contributed by atoms with Gasteiger partial charge >= 0.3 is 0 Å². The van der Waals surface area contributed by atoms with E-state index in [9.17, 15) is 8.42 Å². The van der Waals surface area contributed by atoms with E-state index in [-0.39, 0.29) is 15.7 Å². The quantitative estimate of drug-likeness (QED) is 0.274. The molecule has 4 aromatic rings. The molecule has 192 valence electrons. The third-order valence-electron chi connectivity index (χ3n) is 9.00. The largest absolute Gasteiger partial charge is 0.265 e. The van der Waals surface area contributed by atoms with Gasteiger partial charge in [-0.2, -0.15) is 0 Å². The van der Waals surface area contributed by atoms with Crippen molar-refractivity contribution in [3.63, 3.8) is 0 Å². The average molecular weight is 520 g/mol. The zero-order valence-corrected chi connectivity index (χ0v) is 23.4. The first-order valence-electron chi connectivity index (χ1n) is 13.1. The molecule has 1 aliphatic carbocycles.